The zero-order valence-corrected chi connectivity index (χ0v) is 16.1. The molecule has 0 aliphatic rings. The van der Waals surface area contributed by atoms with Crippen LogP contribution in [0.2, 0.25) is 0 Å². The number of aromatic nitrogens is 3. The molecule has 2 aromatic heterocycles. The molecular formula is C15H14KN5O3. The average Bonchev–Trinajstić information content (AvgIpc) is 3.16. The fraction of sp³-hybridized carbons (Fsp3) is 0.133. The van der Waals surface area contributed by atoms with Crippen molar-refractivity contribution in [3.8, 4) is 0 Å². The van der Waals surface area contributed by atoms with Crippen LogP contribution in [0.15, 0.2) is 43.0 Å². The van der Waals surface area contributed by atoms with Gasteiger partial charge in [0.2, 0.25) is 0 Å². The van der Waals surface area contributed by atoms with Gasteiger partial charge in [-0.05, 0) is 24.3 Å². The standard InChI is InChI=1S/C15H15N5O3.K/c21-14(22)13(6-11-7-16-8-18-11)20-15(23)19-10-1-2-12-9(5-10)3-4-17-12;/h1-5,7-8,13,17H,6H2,(H,16,18)(H,21,22)(H2,19,20,23);/q;+1/p-1/t13-;/m0./s1. The first-order valence-corrected chi connectivity index (χ1v) is 6.94. The smallest absolute Gasteiger partial charge is 0.548 e. The van der Waals surface area contributed by atoms with Crippen molar-refractivity contribution in [1.29, 1.82) is 0 Å². The van der Waals surface area contributed by atoms with E-state index in [1.54, 1.807) is 18.3 Å². The van der Waals surface area contributed by atoms with E-state index in [-0.39, 0.29) is 57.8 Å². The van der Waals surface area contributed by atoms with E-state index in [4.69, 9.17) is 0 Å². The second-order valence-electron chi connectivity index (χ2n) is 5.03. The first kappa shape index (κ1) is 18.7. The Morgan fingerprint density at radius 2 is 2.08 bits per heavy atom. The van der Waals surface area contributed by atoms with Crippen LogP contribution in [0.3, 0.4) is 0 Å². The minimum absolute atomic E-state index is 0. The van der Waals surface area contributed by atoms with Gasteiger partial charge in [-0.3, -0.25) is 0 Å². The number of hydrogen-bond donors (Lipinski definition) is 4. The Labute approximate surface area is 179 Å². The molecule has 0 radical (unpaired) electrons. The molecule has 2 heterocycles. The number of fused-ring (bicyclic) bond motifs is 1. The van der Waals surface area contributed by atoms with Crippen molar-refractivity contribution in [2.24, 2.45) is 0 Å². The van der Waals surface area contributed by atoms with Gasteiger partial charge in [-0.1, -0.05) is 0 Å². The van der Waals surface area contributed by atoms with Crippen LogP contribution in [0.1, 0.15) is 5.69 Å². The topological polar surface area (TPSA) is 126 Å². The molecule has 0 aliphatic carbocycles. The first-order valence-electron chi connectivity index (χ1n) is 6.94. The predicted octanol–water partition coefficient (Wildman–Crippen LogP) is -2.62. The van der Waals surface area contributed by atoms with E-state index in [1.165, 1.54) is 12.5 Å². The summed E-state index contributed by atoms with van der Waals surface area (Å²) < 4.78 is 0. The van der Waals surface area contributed by atoms with Crippen molar-refractivity contribution in [3.05, 3.63) is 48.7 Å². The number of aromatic amines is 2. The van der Waals surface area contributed by atoms with Gasteiger partial charge in [-0.15, -0.1) is 0 Å². The van der Waals surface area contributed by atoms with E-state index in [2.05, 4.69) is 25.6 Å². The third kappa shape index (κ3) is 4.68. The molecule has 0 aliphatic heterocycles. The summed E-state index contributed by atoms with van der Waals surface area (Å²) in [7, 11) is 0. The molecule has 0 bridgehead atoms. The van der Waals surface area contributed by atoms with Gasteiger partial charge >= 0.3 is 57.4 Å². The number of carbonyl (C=O) groups excluding carboxylic acids is 2. The Morgan fingerprint density at radius 1 is 1.25 bits per heavy atom. The Balaban J connectivity index is 0.00000208. The van der Waals surface area contributed by atoms with Crippen LogP contribution in [0, 0.1) is 0 Å². The summed E-state index contributed by atoms with van der Waals surface area (Å²) >= 11 is 0. The predicted molar refractivity (Wildman–Crippen MR) is 81.5 cm³/mol. The van der Waals surface area contributed by atoms with Crippen LogP contribution in [-0.2, 0) is 11.2 Å². The van der Waals surface area contributed by atoms with E-state index in [0.717, 1.165) is 10.9 Å². The number of anilines is 1. The molecule has 0 spiro atoms. The summed E-state index contributed by atoms with van der Waals surface area (Å²) in [5.41, 5.74) is 2.10. The van der Waals surface area contributed by atoms with Crippen LogP contribution in [0.25, 0.3) is 10.9 Å². The molecule has 2 amide bonds. The molecule has 0 fully saturated rings. The minimum atomic E-state index is -1.36. The third-order valence-corrected chi connectivity index (χ3v) is 3.38. The molecule has 0 unspecified atom stereocenters. The average molecular weight is 351 g/mol. The van der Waals surface area contributed by atoms with Gasteiger partial charge in [-0.2, -0.15) is 0 Å². The number of H-pyrrole nitrogens is 2. The fourth-order valence-electron chi connectivity index (χ4n) is 2.27. The number of nitrogens with zero attached hydrogens (tertiary/aromatic N) is 1. The molecule has 3 rings (SSSR count). The Hall–Kier alpha value is -1.65. The molecule has 1 aromatic carbocycles. The number of nitrogens with one attached hydrogen (secondary N) is 4. The van der Waals surface area contributed by atoms with Gasteiger partial charge in [0.05, 0.1) is 18.3 Å². The zero-order chi connectivity index (χ0) is 16.2. The summed E-state index contributed by atoms with van der Waals surface area (Å²) in [6.07, 6.45) is 4.79. The molecule has 9 heteroatoms. The van der Waals surface area contributed by atoms with Crippen molar-refractivity contribution < 1.29 is 66.1 Å². The number of carboxylic acid groups (broad SMARTS) is 1. The van der Waals surface area contributed by atoms with E-state index >= 15 is 0 Å². The molecule has 1 atom stereocenters. The van der Waals surface area contributed by atoms with Crippen molar-refractivity contribution in [1.82, 2.24) is 20.3 Å². The molecule has 0 saturated carbocycles. The summed E-state index contributed by atoms with van der Waals surface area (Å²) in [5.74, 6) is -1.36. The largest absolute Gasteiger partial charge is 1.00 e. The SMILES string of the molecule is O=C(Nc1ccc2[nH]ccc2c1)N[C@@H](Cc1cnc[nH]1)C(=O)[O-].[K+]. The van der Waals surface area contributed by atoms with E-state index in [0.29, 0.717) is 11.4 Å². The molecule has 24 heavy (non-hydrogen) atoms. The number of benzene rings is 1. The quantitative estimate of drug-likeness (QED) is 0.375. The van der Waals surface area contributed by atoms with E-state index in [9.17, 15) is 14.7 Å². The van der Waals surface area contributed by atoms with Gasteiger partial charge in [0.15, 0.2) is 0 Å². The monoisotopic (exact) mass is 351 g/mol. The van der Waals surface area contributed by atoms with Crippen LogP contribution < -0.4 is 67.1 Å². The second kappa shape index (κ2) is 8.45. The van der Waals surface area contributed by atoms with Crippen molar-refractivity contribution in [2.45, 2.75) is 12.5 Å². The maximum atomic E-state index is 12.0. The molecule has 118 valence electrons. The van der Waals surface area contributed by atoms with Crippen LogP contribution in [0.5, 0.6) is 0 Å². The first-order chi connectivity index (χ1) is 11.1. The molecule has 8 nitrogen and oxygen atoms in total. The molecule has 0 saturated heterocycles. The Kier molecular flexibility index (Phi) is 6.57. The number of carboxylic acids is 1. The Bertz CT molecular complexity index is 831. The van der Waals surface area contributed by atoms with E-state index < -0.39 is 18.0 Å². The number of aliphatic carboxylic acids is 1. The van der Waals surface area contributed by atoms with Crippen LogP contribution >= 0.6 is 0 Å². The number of carbonyl (C=O) groups is 2. The summed E-state index contributed by atoms with van der Waals surface area (Å²) in [6.45, 7) is 0. The number of amides is 2. The minimum Gasteiger partial charge on any atom is -0.548 e. The normalized spacial score (nSPS) is 11.5. The van der Waals surface area contributed by atoms with Crippen molar-refractivity contribution >= 4 is 28.6 Å². The van der Waals surface area contributed by atoms with Gasteiger partial charge < -0.3 is 30.5 Å². The zero-order valence-electron chi connectivity index (χ0n) is 13.0. The van der Waals surface area contributed by atoms with Crippen LogP contribution in [-0.4, -0.2) is 33.0 Å². The number of hydrogen-bond acceptors (Lipinski definition) is 4. The van der Waals surface area contributed by atoms with Gasteiger partial charge in [0.1, 0.15) is 0 Å². The summed E-state index contributed by atoms with van der Waals surface area (Å²) in [6, 6.07) is 5.43. The maximum Gasteiger partial charge on any atom is 1.00 e. The van der Waals surface area contributed by atoms with Crippen LogP contribution in [0.4, 0.5) is 10.5 Å². The van der Waals surface area contributed by atoms with E-state index in [1.807, 2.05) is 12.1 Å². The van der Waals surface area contributed by atoms with Crippen molar-refractivity contribution in [2.75, 3.05) is 5.32 Å². The Morgan fingerprint density at radius 3 is 2.79 bits per heavy atom. The number of urea groups is 1. The molecule has 4 N–H and O–H groups in total. The van der Waals surface area contributed by atoms with Gasteiger partial charge in [-0.25, -0.2) is 9.78 Å². The summed E-state index contributed by atoms with van der Waals surface area (Å²) in [4.78, 5) is 32.8. The molecular weight excluding hydrogens is 337 g/mol. The van der Waals surface area contributed by atoms with Gasteiger partial charge in [0, 0.05) is 41.1 Å². The second-order valence-corrected chi connectivity index (χ2v) is 5.03. The van der Waals surface area contributed by atoms with Crippen molar-refractivity contribution in [3.63, 3.8) is 0 Å². The third-order valence-electron chi connectivity index (χ3n) is 3.38. The summed E-state index contributed by atoms with van der Waals surface area (Å²) in [5, 5.41) is 17.1. The van der Waals surface area contributed by atoms with Gasteiger partial charge in [0.25, 0.3) is 0 Å². The number of imidazole rings is 1. The number of rotatable bonds is 5. The molecule has 3 aromatic rings. The fourth-order valence-corrected chi connectivity index (χ4v) is 2.27. The maximum absolute atomic E-state index is 12.0.